The third-order valence-electron chi connectivity index (χ3n) is 6.19. The molecule has 1 aliphatic rings. The molecule has 0 saturated heterocycles. The van der Waals surface area contributed by atoms with Gasteiger partial charge in [0.05, 0.1) is 24.1 Å². The van der Waals surface area contributed by atoms with Crippen LogP contribution < -0.4 is 5.32 Å². The van der Waals surface area contributed by atoms with Gasteiger partial charge in [0.1, 0.15) is 17.3 Å². The van der Waals surface area contributed by atoms with Crippen LogP contribution in [0, 0.1) is 20.8 Å². The van der Waals surface area contributed by atoms with Crippen LogP contribution in [0.15, 0.2) is 35.2 Å². The summed E-state index contributed by atoms with van der Waals surface area (Å²) in [4.78, 5) is 24.4. The highest BCUT2D eigenvalue weighted by Crippen LogP contribution is 2.30. The molecule has 1 N–H and O–H groups in total. The summed E-state index contributed by atoms with van der Waals surface area (Å²) >= 11 is 0. The fourth-order valence-corrected chi connectivity index (χ4v) is 4.23. The number of anilines is 2. The molecule has 10 heteroatoms. The van der Waals surface area contributed by atoms with Crippen molar-refractivity contribution in [3.63, 3.8) is 0 Å². The quantitative estimate of drug-likeness (QED) is 0.501. The number of amides is 1. The second kappa shape index (κ2) is 7.88. The van der Waals surface area contributed by atoms with Gasteiger partial charge in [0, 0.05) is 49.2 Å². The zero-order chi connectivity index (χ0) is 23.3. The van der Waals surface area contributed by atoms with Crippen molar-refractivity contribution < 1.29 is 9.32 Å². The number of carbonyl (C=O) groups is 1. The molecule has 0 aliphatic carbocycles. The number of aryl methyl sites for hydroxylation is 4. The molecule has 0 radical (unpaired) electrons. The molecule has 1 amide bonds. The summed E-state index contributed by atoms with van der Waals surface area (Å²) in [5.74, 6) is 2.00. The lowest BCUT2D eigenvalue weighted by molar-refractivity contribution is 0.0595. The van der Waals surface area contributed by atoms with Crippen molar-refractivity contribution in [3.05, 3.63) is 59.0 Å². The number of aromatic nitrogens is 6. The smallest absolute Gasteiger partial charge is 0.271 e. The molecule has 0 aromatic carbocycles. The summed E-state index contributed by atoms with van der Waals surface area (Å²) in [7, 11) is 1.85. The van der Waals surface area contributed by atoms with E-state index in [-0.39, 0.29) is 11.9 Å². The molecule has 0 fully saturated rings. The standard InChI is InChI=1S/C23H26N8O2/c1-13-9-24-23(26-20-6-7-25-29(20)5)27-21(13)17-8-19-22(32)31(14(2)10-30(19)11-17)12-18-15(3)28-33-16(18)4/h6-9,11,14H,10,12H2,1-5H3,(H,24,26,27)/t14-/m0/s1. The van der Waals surface area contributed by atoms with Gasteiger partial charge in [0.15, 0.2) is 0 Å². The first kappa shape index (κ1) is 20.9. The summed E-state index contributed by atoms with van der Waals surface area (Å²) in [5.41, 5.74) is 5.04. The lowest BCUT2D eigenvalue weighted by Crippen LogP contribution is -2.45. The number of nitrogens with one attached hydrogen (secondary N) is 1. The highest BCUT2D eigenvalue weighted by Gasteiger charge is 2.32. The predicted octanol–water partition coefficient (Wildman–Crippen LogP) is 3.38. The van der Waals surface area contributed by atoms with Gasteiger partial charge in [-0.3, -0.25) is 9.48 Å². The Balaban J connectivity index is 1.45. The number of nitrogens with zero attached hydrogens (tertiary/aromatic N) is 7. The number of hydrogen-bond acceptors (Lipinski definition) is 7. The maximum Gasteiger partial charge on any atom is 0.271 e. The molecule has 0 bridgehead atoms. The summed E-state index contributed by atoms with van der Waals surface area (Å²) < 4.78 is 9.02. The fourth-order valence-electron chi connectivity index (χ4n) is 4.23. The summed E-state index contributed by atoms with van der Waals surface area (Å²) in [6, 6.07) is 3.80. The molecule has 1 aliphatic heterocycles. The SMILES string of the molecule is Cc1cnc(Nc2ccnn2C)nc1-c1cc2n(c1)C[C@H](C)N(Cc1c(C)noc1C)C2=O. The van der Waals surface area contributed by atoms with Crippen molar-refractivity contribution in [2.45, 2.75) is 46.8 Å². The van der Waals surface area contributed by atoms with Crippen molar-refractivity contribution in [2.24, 2.45) is 7.05 Å². The molecule has 0 unspecified atom stereocenters. The van der Waals surface area contributed by atoms with Crippen LogP contribution in [-0.4, -0.2) is 46.3 Å². The molecule has 5 rings (SSSR count). The van der Waals surface area contributed by atoms with Crippen molar-refractivity contribution in [1.82, 2.24) is 34.4 Å². The van der Waals surface area contributed by atoms with Crippen molar-refractivity contribution >= 4 is 17.7 Å². The van der Waals surface area contributed by atoms with Crippen LogP contribution in [0.1, 0.15) is 40.0 Å². The van der Waals surface area contributed by atoms with Gasteiger partial charge in [-0.25, -0.2) is 9.97 Å². The first-order valence-electron chi connectivity index (χ1n) is 10.8. The number of rotatable bonds is 5. The Morgan fingerprint density at radius 2 is 2.09 bits per heavy atom. The number of hydrogen-bond donors (Lipinski definition) is 1. The maximum atomic E-state index is 13.4. The van der Waals surface area contributed by atoms with E-state index in [1.807, 2.05) is 55.6 Å². The van der Waals surface area contributed by atoms with Crippen LogP contribution in [0.2, 0.25) is 0 Å². The number of fused-ring (bicyclic) bond motifs is 1. The van der Waals surface area contributed by atoms with Crippen LogP contribution in [-0.2, 0) is 20.1 Å². The zero-order valence-corrected chi connectivity index (χ0v) is 19.3. The fraction of sp³-hybridized carbons (Fsp3) is 0.348. The van der Waals surface area contributed by atoms with Crippen LogP contribution in [0.5, 0.6) is 0 Å². The van der Waals surface area contributed by atoms with Crippen molar-refractivity contribution in [3.8, 4) is 11.3 Å². The van der Waals surface area contributed by atoms with Crippen LogP contribution in [0.3, 0.4) is 0 Å². The molecule has 170 valence electrons. The van der Waals surface area contributed by atoms with E-state index in [0.717, 1.165) is 39.7 Å². The minimum atomic E-state index is -0.0139. The second-order valence-electron chi connectivity index (χ2n) is 8.54. The Morgan fingerprint density at radius 1 is 1.27 bits per heavy atom. The Bertz CT molecular complexity index is 1330. The highest BCUT2D eigenvalue weighted by atomic mass is 16.5. The molecule has 4 aromatic rings. The largest absolute Gasteiger partial charge is 0.361 e. The topological polar surface area (TPSA) is 107 Å². The van der Waals surface area contributed by atoms with Crippen LogP contribution in [0.25, 0.3) is 11.3 Å². The van der Waals surface area contributed by atoms with Gasteiger partial charge in [-0.1, -0.05) is 5.16 Å². The first-order valence-corrected chi connectivity index (χ1v) is 10.8. The van der Waals surface area contributed by atoms with Crippen LogP contribution in [0.4, 0.5) is 11.8 Å². The Labute approximate surface area is 191 Å². The van der Waals surface area contributed by atoms with Gasteiger partial charge in [0.2, 0.25) is 5.95 Å². The molecule has 4 aromatic heterocycles. The lowest BCUT2D eigenvalue weighted by atomic mass is 10.1. The van der Waals surface area contributed by atoms with E-state index >= 15 is 0 Å². The molecule has 0 spiro atoms. The second-order valence-corrected chi connectivity index (χ2v) is 8.54. The number of carbonyl (C=O) groups excluding carboxylic acids is 1. The molecule has 10 nitrogen and oxygen atoms in total. The van der Waals surface area contributed by atoms with Gasteiger partial charge in [-0.05, 0) is 39.3 Å². The predicted molar refractivity (Wildman–Crippen MR) is 122 cm³/mol. The van der Waals surface area contributed by atoms with Gasteiger partial charge in [-0.2, -0.15) is 5.10 Å². The molecule has 33 heavy (non-hydrogen) atoms. The molecule has 0 saturated carbocycles. The van der Waals surface area contributed by atoms with E-state index in [1.165, 1.54) is 0 Å². The Kier molecular flexibility index (Phi) is 4.99. The van der Waals surface area contributed by atoms with E-state index in [9.17, 15) is 4.79 Å². The van der Waals surface area contributed by atoms with E-state index in [1.54, 1.807) is 17.1 Å². The van der Waals surface area contributed by atoms with Gasteiger partial charge in [-0.15, -0.1) is 0 Å². The van der Waals surface area contributed by atoms with E-state index in [0.29, 0.717) is 24.7 Å². The minimum absolute atomic E-state index is 0.0139. The molecule has 1 atom stereocenters. The summed E-state index contributed by atoms with van der Waals surface area (Å²) in [5, 5.41) is 11.4. The third-order valence-corrected chi connectivity index (χ3v) is 6.19. The molecular weight excluding hydrogens is 420 g/mol. The highest BCUT2D eigenvalue weighted by molar-refractivity contribution is 5.95. The molecule has 5 heterocycles. The third kappa shape index (κ3) is 3.67. The van der Waals surface area contributed by atoms with Crippen molar-refractivity contribution in [2.75, 3.05) is 5.32 Å². The average Bonchev–Trinajstić information content (AvgIpc) is 3.47. The van der Waals surface area contributed by atoms with Crippen LogP contribution >= 0.6 is 0 Å². The normalized spacial score (nSPS) is 15.7. The van der Waals surface area contributed by atoms with E-state index in [2.05, 4.69) is 27.5 Å². The zero-order valence-electron chi connectivity index (χ0n) is 19.3. The molecular formula is C23H26N8O2. The average molecular weight is 447 g/mol. The van der Waals surface area contributed by atoms with Gasteiger partial charge >= 0.3 is 0 Å². The van der Waals surface area contributed by atoms with Crippen molar-refractivity contribution in [1.29, 1.82) is 0 Å². The summed E-state index contributed by atoms with van der Waals surface area (Å²) in [6.45, 7) is 8.99. The minimum Gasteiger partial charge on any atom is -0.361 e. The Hall–Kier alpha value is -3.95. The lowest BCUT2D eigenvalue weighted by Gasteiger charge is -2.34. The van der Waals surface area contributed by atoms with E-state index < -0.39 is 0 Å². The van der Waals surface area contributed by atoms with Gasteiger partial charge in [0.25, 0.3) is 5.91 Å². The summed E-state index contributed by atoms with van der Waals surface area (Å²) in [6.07, 6.45) is 5.49. The monoisotopic (exact) mass is 446 g/mol. The van der Waals surface area contributed by atoms with Gasteiger partial charge < -0.3 is 19.3 Å². The maximum absolute atomic E-state index is 13.4. The Morgan fingerprint density at radius 3 is 2.79 bits per heavy atom. The first-order chi connectivity index (χ1) is 15.8. The van der Waals surface area contributed by atoms with E-state index in [4.69, 9.17) is 9.51 Å².